The fourth-order valence-electron chi connectivity index (χ4n) is 2.57. The largest absolute Gasteiger partial charge is 0.456 e. The molecule has 1 heterocycles. The topological polar surface area (TPSA) is 122 Å². The minimum Gasteiger partial charge on any atom is -0.456 e. The number of aryl methyl sites for hydroxylation is 1. The lowest BCUT2D eigenvalue weighted by Gasteiger charge is -2.09. The average Bonchev–Trinajstić information content (AvgIpc) is 2.72. The van der Waals surface area contributed by atoms with E-state index in [4.69, 9.17) is 10.00 Å². The van der Waals surface area contributed by atoms with Gasteiger partial charge in [-0.15, -0.1) is 0 Å². The number of sulfonamides is 1. The number of nitriles is 1. The molecule has 2 aromatic carbocycles. The highest BCUT2D eigenvalue weighted by molar-refractivity contribution is 7.89. The van der Waals surface area contributed by atoms with Crippen LogP contribution in [0.25, 0.3) is 11.0 Å². The number of carbonyl (C=O) groups excluding carboxylic acids is 1. The highest BCUT2D eigenvalue weighted by Gasteiger charge is 2.15. The number of carbonyl (C=O) groups is 1. The molecule has 0 fully saturated rings. The van der Waals surface area contributed by atoms with Gasteiger partial charge in [0.2, 0.25) is 10.0 Å². The number of aromatic nitrogens is 2. The number of fused-ring (bicyclic) bond motifs is 1. The summed E-state index contributed by atoms with van der Waals surface area (Å²) in [5.41, 5.74) is 2.91. The number of nitrogens with one attached hydrogen (secondary N) is 1. The van der Waals surface area contributed by atoms with Gasteiger partial charge in [-0.3, -0.25) is 0 Å². The predicted molar refractivity (Wildman–Crippen MR) is 105 cm³/mol. The number of ether oxygens (including phenoxy) is 1. The second-order valence-corrected chi connectivity index (χ2v) is 7.92. The van der Waals surface area contributed by atoms with Gasteiger partial charge in [0.15, 0.2) is 0 Å². The first kappa shape index (κ1) is 20.4. The van der Waals surface area contributed by atoms with Crippen molar-refractivity contribution < 1.29 is 17.9 Å². The number of para-hydroxylation sites is 2. The Morgan fingerprint density at radius 3 is 2.41 bits per heavy atom. The van der Waals surface area contributed by atoms with Gasteiger partial charge < -0.3 is 4.74 Å². The Bertz CT molecular complexity index is 1190. The van der Waals surface area contributed by atoms with Crippen molar-refractivity contribution >= 4 is 27.0 Å². The molecule has 8 nitrogen and oxygen atoms in total. The Labute approximate surface area is 168 Å². The normalized spacial score (nSPS) is 11.2. The van der Waals surface area contributed by atoms with E-state index < -0.39 is 16.0 Å². The number of benzene rings is 2. The van der Waals surface area contributed by atoms with E-state index in [0.29, 0.717) is 16.9 Å². The zero-order chi connectivity index (χ0) is 20.9. The highest BCUT2D eigenvalue weighted by atomic mass is 32.2. The van der Waals surface area contributed by atoms with Crippen LogP contribution >= 0.6 is 0 Å². The Kier molecular flexibility index (Phi) is 6.16. The van der Waals surface area contributed by atoms with Crippen LogP contribution in [0.1, 0.15) is 28.2 Å². The van der Waals surface area contributed by atoms with Gasteiger partial charge in [-0.2, -0.15) is 5.26 Å². The van der Waals surface area contributed by atoms with Gasteiger partial charge in [0.25, 0.3) is 0 Å². The number of hydrogen-bond acceptors (Lipinski definition) is 7. The summed E-state index contributed by atoms with van der Waals surface area (Å²) in [4.78, 5) is 21.2. The minimum absolute atomic E-state index is 0.00299. The van der Waals surface area contributed by atoms with Crippen molar-refractivity contribution in [2.45, 2.75) is 24.8 Å². The van der Waals surface area contributed by atoms with E-state index in [-0.39, 0.29) is 30.0 Å². The van der Waals surface area contributed by atoms with E-state index in [1.54, 1.807) is 6.92 Å². The third kappa shape index (κ3) is 4.93. The summed E-state index contributed by atoms with van der Waals surface area (Å²) in [6, 6.07) is 14.6. The summed E-state index contributed by atoms with van der Waals surface area (Å²) in [5, 5.41) is 8.49. The predicted octanol–water partition coefficient (Wildman–Crippen LogP) is 2.49. The number of esters is 1. The van der Waals surface area contributed by atoms with Crippen LogP contribution in [0.15, 0.2) is 53.4 Å². The van der Waals surface area contributed by atoms with Gasteiger partial charge in [-0.25, -0.2) is 27.9 Å². The SMILES string of the molecule is Cc1nc2ccccc2nc1COC(=O)c1ccc(S(=O)(=O)NCCC#N)cc1. The molecule has 3 aromatic rings. The second kappa shape index (κ2) is 8.77. The molecule has 29 heavy (non-hydrogen) atoms. The first-order chi connectivity index (χ1) is 13.9. The first-order valence-electron chi connectivity index (χ1n) is 8.77. The maximum atomic E-state index is 12.3. The fourth-order valence-corrected chi connectivity index (χ4v) is 3.61. The van der Waals surface area contributed by atoms with Crippen molar-refractivity contribution in [3.8, 4) is 6.07 Å². The van der Waals surface area contributed by atoms with Crippen LogP contribution < -0.4 is 4.72 Å². The van der Waals surface area contributed by atoms with E-state index >= 15 is 0 Å². The molecule has 0 saturated heterocycles. The molecular weight excluding hydrogens is 392 g/mol. The third-order valence-corrected chi connectivity index (χ3v) is 5.59. The molecular formula is C20H18N4O4S. The summed E-state index contributed by atoms with van der Waals surface area (Å²) < 4.78 is 31.8. The Morgan fingerprint density at radius 2 is 1.76 bits per heavy atom. The van der Waals surface area contributed by atoms with Gasteiger partial charge in [0.05, 0.1) is 38.9 Å². The van der Waals surface area contributed by atoms with E-state index in [1.165, 1.54) is 24.3 Å². The summed E-state index contributed by atoms with van der Waals surface area (Å²) in [5.74, 6) is -0.597. The molecule has 0 unspecified atom stereocenters. The molecule has 1 aromatic heterocycles. The van der Waals surface area contributed by atoms with E-state index in [0.717, 1.165) is 5.52 Å². The Morgan fingerprint density at radius 1 is 1.10 bits per heavy atom. The molecule has 0 spiro atoms. The van der Waals surface area contributed by atoms with Crippen molar-refractivity contribution in [2.24, 2.45) is 0 Å². The van der Waals surface area contributed by atoms with Gasteiger partial charge in [0.1, 0.15) is 6.61 Å². The van der Waals surface area contributed by atoms with Crippen molar-refractivity contribution in [1.29, 1.82) is 5.26 Å². The molecule has 0 aliphatic heterocycles. The molecule has 0 bridgehead atoms. The van der Waals surface area contributed by atoms with Crippen LogP contribution in [0.2, 0.25) is 0 Å². The lowest BCUT2D eigenvalue weighted by molar-refractivity contribution is 0.0467. The molecule has 0 amide bonds. The molecule has 9 heteroatoms. The molecule has 0 aliphatic rings. The van der Waals surface area contributed by atoms with E-state index in [9.17, 15) is 13.2 Å². The zero-order valence-corrected chi connectivity index (χ0v) is 16.4. The molecule has 0 atom stereocenters. The van der Waals surface area contributed by atoms with Gasteiger partial charge in [-0.05, 0) is 43.3 Å². The highest BCUT2D eigenvalue weighted by Crippen LogP contribution is 2.15. The summed E-state index contributed by atoms with van der Waals surface area (Å²) >= 11 is 0. The van der Waals surface area contributed by atoms with Crippen molar-refractivity contribution in [1.82, 2.24) is 14.7 Å². The summed E-state index contributed by atoms with van der Waals surface area (Å²) in [7, 11) is -3.73. The fraction of sp³-hybridized carbons (Fsp3) is 0.200. The van der Waals surface area contributed by atoms with Crippen molar-refractivity contribution in [2.75, 3.05) is 6.54 Å². The van der Waals surface area contributed by atoms with Crippen LogP contribution in [-0.4, -0.2) is 30.9 Å². The van der Waals surface area contributed by atoms with Gasteiger partial charge in [-0.1, -0.05) is 12.1 Å². The number of hydrogen-bond donors (Lipinski definition) is 1. The molecule has 0 aliphatic carbocycles. The molecule has 3 rings (SSSR count). The third-order valence-electron chi connectivity index (χ3n) is 4.11. The van der Waals surface area contributed by atoms with Gasteiger partial charge in [0, 0.05) is 13.0 Å². The quantitative estimate of drug-likeness (QED) is 0.469. The molecule has 1 N–H and O–H groups in total. The monoisotopic (exact) mass is 410 g/mol. The van der Waals surface area contributed by atoms with E-state index in [1.807, 2.05) is 30.3 Å². The molecule has 0 saturated carbocycles. The first-order valence-corrected chi connectivity index (χ1v) is 10.2. The Balaban J connectivity index is 1.67. The van der Waals surface area contributed by atoms with Crippen LogP contribution in [0.3, 0.4) is 0 Å². The van der Waals surface area contributed by atoms with Crippen LogP contribution in [0, 0.1) is 18.3 Å². The number of nitrogens with zero attached hydrogens (tertiary/aromatic N) is 3. The number of rotatable bonds is 7. The smallest absolute Gasteiger partial charge is 0.338 e. The zero-order valence-electron chi connectivity index (χ0n) is 15.6. The van der Waals surface area contributed by atoms with Crippen LogP contribution in [-0.2, 0) is 21.4 Å². The maximum Gasteiger partial charge on any atom is 0.338 e. The summed E-state index contributed by atoms with van der Waals surface area (Å²) in [6.07, 6.45) is 0.0702. The Hall–Kier alpha value is -3.35. The average molecular weight is 410 g/mol. The van der Waals surface area contributed by atoms with Crippen molar-refractivity contribution in [3.63, 3.8) is 0 Å². The second-order valence-electron chi connectivity index (χ2n) is 6.15. The van der Waals surface area contributed by atoms with Crippen LogP contribution in [0.4, 0.5) is 0 Å². The standard InChI is InChI=1S/C20H18N4O4S/c1-14-19(24-18-6-3-2-5-17(18)23-14)13-28-20(25)15-7-9-16(10-8-15)29(26,27)22-12-4-11-21/h2-3,5-10,22H,4,12-13H2,1H3. The lowest BCUT2D eigenvalue weighted by Crippen LogP contribution is -2.24. The van der Waals surface area contributed by atoms with Gasteiger partial charge >= 0.3 is 5.97 Å². The van der Waals surface area contributed by atoms with Crippen molar-refractivity contribution in [3.05, 3.63) is 65.5 Å². The molecule has 148 valence electrons. The van der Waals surface area contributed by atoms with E-state index in [2.05, 4.69) is 14.7 Å². The van der Waals surface area contributed by atoms with Crippen LogP contribution in [0.5, 0.6) is 0 Å². The molecule has 0 radical (unpaired) electrons. The lowest BCUT2D eigenvalue weighted by atomic mass is 10.2. The minimum atomic E-state index is -3.73. The maximum absolute atomic E-state index is 12.3. The summed E-state index contributed by atoms with van der Waals surface area (Å²) in [6.45, 7) is 1.77.